The van der Waals surface area contributed by atoms with Gasteiger partial charge in [-0.25, -0.2) is 0 Å². The molecule has 5 rings (SSSR count). The molecule has 0 aliphatic carbocycles. The van der Waals surface area contributed by atoms with Gasteiger partial charge in [0.1, 0.15) is 28.4 Å². The second-order valence-electron chi connectivity index (χ2n) is 8.70. The Balaban J connectivity index is 1.51. The second kappa shape index (κ2) is 9.26. The number of aromatic nitrogens is 2. The Morgan fingerprint density at radius 2 is 1.83 bits per heavy atom. The van der Waals surface area contributed by atoms with Gasteiger partial charge in [-0.2, -0.15) is 5.10 Å². The van der Waals surface area contributed by atoms with E-state index in [1.54, 1.807) is 74.6 Å². The minimum atomic E-state index is -1.27. The monoisotopic (exact) mass is 486 g/mol. The zero-order valence-corrected chi connectivity index (χ0v) is 20.2. The van der Waals surface area contributed by atoms with Crippen LogP contribution in [0.3, 0.4) is 0 Å². The number of nitrogens with one attached hydrogen (secondary N) is 1. The molecular weight excluding hydrogens is 460 g/mol. The van der Waals surface area contributed by atoms with Crippen LogP contribution < -0.4 is 19.7 Å². The van der Waals surface area contributed by atoms with Gasteiger partial charge in [0.15, 0.2) is 5.76 Å². The van der Waals surface area contributed by atoms with Crippen LogP contribution >= 0.6 is 0 Å². The maximum Gasteiger partial charge on any atom is 0.277 e. The van der Waals surface area contributed by atoms with Crippen LogP contribution in [-0.2, 0) is 17.9 Å². The molecule has 0 fully saturated rings. The standard InChI is InChI=1S/C27H26N4O5/c1-27(26(33)28-16-18-9-11-20(34-2)12-10-18)17-30-23(15-22(29-30)24-8-5-13-36-24)25(32)31(27)19-6-4-7-21(14-19)35-3/h4-15H,16-17H2,1-3H3,(H,28,33)/t27-/m0/s1. The molecule has 0 bridgehead atoms. The molecule has 184 valence electrons. The molecule has 1 N–H and O–H groups in total. The van der Waals surface area contributed by atoms with Crippen molar-refractivity contribution >= 4 is 17.5 Å². The number of hydrogen-bond acceptors (Lipinski definition) is 6. The number of amides is 2. The Morgan fingerprint density at radius 3 is 2.53 bits per heavy atom. The normalized spacial score (nSPS) is 17.0. The summed E-state index contributed by atoms with van der Waals surface area (Å²) in [7, 11) is 3.16. The van der Waals surface area contributed by atoms with E-state index in [2.05, 4.69) is 10.4 Å². The van der Waals surface area contributed by atoms with Crippen molar-refractivity contribution in [2.75, 3.05) is 19.1 Å². The fourth-order valence-corrected chi connectivity index (χ4v) is 4.40. The highest BCUT2D eigenvalue weighted by Crippen LogP contribution is 2.35. The molecule has 0 unspecified atom stereocenters. The minimum absolute atomic E-state index is 0.153. The van der Waals surface area contributed by atoms with E-state index in [4.69, 9.17) is 13.9 Å². The summed E-state index contributed by atoms with van der Waals surface area (Å²) < 4.78 is 17.6. The number of nitrogens with zero attached hydrogens (tertiary/aromatic N) is 3. The first-order valence-electron chi connectivity index (χ1n) is 11.4. The highest BCUT2D eigenvalue weighted by Gasteiger charge is 2.49. The number of furan rings is 1. The molecule has 0 saturated carbocycles. The van der Waals surface area contributed by atoms with Gasteiger partial charge in [0, 0.05) is 24.4 Å². The van der Waals surface area contributed by atoms with Crippen LogP contribution in [0.5, 0.6) is 11.5 Å². The highest BCUT2D eigenvalue weighted by atomic mass is 16.5. The van der Waals surface area contributed by atoms with Crippen LogP contribution in [0, 0.1) is 0 Å². The van der Waals surface area contributed by atoms with Gasteiger partial charge in [-0.1, -0.05) is 18.2 Å². The lowest BCUT2D eigenvalue weighted by Gasteiger charge is -2.43. The van der Waals surface area contributed by atoms with Crippen LogP contribution in [0.15, 0.2) is 77.4 Å². The molecule has 0 radical (unpaired) electrons. The fraction of sp³-hybridized carbons (Fsp3) is 0.222. The smallest absolute Gasteiger partial charge is 0.277 e. The van der Waals surface area contributed by atoms with Gasteiger partial charge in [-0.15, -0.1) is 0 Å². The molecule has 1 aliphatic rings. The minimum Gasteiger partial charge on any atom is -0.497 e. The number of hydrogen-bond donors (Lipinski definition) is 1. The van der Waals surface area contributed by atoms with Crippen molar-refractivity contribution in [3.63, 3.8) is 0 Å². The van der Waals surface area contributed by atoms with E-state index < -0.39 is 5.54 Å². The van der Waals surface area contributed by atoms with E-state index in [9.17, 15) is 9.59 Å². The van der Waals surface area contributed by atoms with Crippen LogP contribution in [0.2, 0.25) is 0 Å². The maximum atomic E-state index is 13.9. The van der Waals surface area contributed by atoms with Crippen molar-refractivity contribution in [2.24, 2.45) is 0 Å². The second-order valence-corrected chi connectivity index (χ2v) is 8.70. The summed E-state index contributed by atoms with van der Waals surface area (Å²) in [5.41, 5.74) is 1.08. The van der Waals surface area contributed by atoms with E-state index in [0.717, 1.165) is 11.3 Å². The highest BCUT2D eigenvalue weighted by molar-refractivity contribution is 6.12. The molecule has 36 heavy (non-hydrogen) atoms. The lowest BCUT2D eigenvalue weighted by Crippen LogP contribution is -2.64. The van der Waals surface area contributed by atoms with Crippen molar-refractivity contribution in [1.82, 2.24) is 15.1 Å². The molecule has 0 saturated heterocycles. The first-order chi connectivity index (χ1) is 17.4. The fourth-order valence-electron chi connectivity index (χ4n) is 4.40. The average Bonchev–Trinajstić information content (AvgIpc) is 3.58. The van der Waals surface area contributed by atoms with Crippen LogP contribution in [0.25, 0.3) is 11.5 Å². The first-order valence-corrected chi connectivity index (χ1v) is 11.4. The number of anilines is 1. The number of carbonyl (C=O) groups excluding carboxylic acids is 2. The molecule has 2 aromatic carbocycles. The molecule has 3 heterocycles. The van der Waals surface area contributed by atoms with E-state index in [1.807, 2.05) is 24.3 Å². The summed E-state index contributed by atoms with van der Waals surface area (Å²) >= 11 is 0. The van der Waals surface area contributed by atoms with Crippen LogP contribution in [0.1, 0.15) is 23.0 Å². The third-order valence-electron chi connectivity index (χ3n) is 6.34. The van der Waals surface area contributed by atoms with E-state index in [1.165, 1.54) is 4.90 Å². The first kappa shape index (κ1) is 23.2. The van der Waals surface area contributed by atoms with Gasteiger partial charge in [0.05, 0.1) is 27.0 Å². The largest absolute Gasteiger partial charge is 0.497 e. The topological polar surface area (TPSA) is 98.8 Å². The molecule has 1 aliphatic heterocycles. The van der Waals surface area contributed by atoms with Gasteiger partial charge >= 0.3 is 0 Å². The summed E-state index contributed by atoms with van der Waals surface area (Å²) in [5, 5.41) is 7.57. The Hall–Kier alpha value is -4.53. The Labute approximate surface area is 208 Å². The van der Waals surface area contributed by atoms with Crippen LogP contribution in [0.4, 0.5) is 5.69 Å². The van der Waals surface area contributed by atoms with Crippen molar-refractivity contribution in [3.8, 4) is 23.0 Å². The third kappa shape index (κ3) is 4.08. The quantitative estimate of drug-likeness (QED) is 0.426. The summed E-state index contributed by atoms with van der Waals surface area (Å²) in [5.74, 6) is 1.20. The zero-order valence-electron chi connectivity index (χ0n) is 20.2. The number of carbonyl (C=O) groups is 2. The molecule has 9 heteroatoms. The van der Waals surface area contributed by atoms with E-state index in [0.29, 0.717) is 35.1 Å². The predicted molar refractivity (Wildman–Crippen MR) is 133 cm³/mol. The number of benzene rings is 2. The zero-order chi connectivity index (χ0) is 25.3. The summed E-state index contributed by atoms with van der Waals surface area (Å²) in [6.45, 7) is 2.19. The van der Waals surface area contributed by atoms with E-state index >= 15 is 0 Å². The Bertz CT molecular complexity index is 1390. The Kier molecular flexibility index (Phi) is 5.97. The SMILES string of the molecule is COc1ccc(CNC(=O)[C@]2(C)Cn3nc(-c4ccco4)cc3C(=O)N2c2cccc(OC)c2)cc1. The molecule has 2 amide bonds. The average molecular weight is 487 g/mol. The lowest BCUT2D eigenvalue weighted by molar-refractivity contribution is -0.126. The number of fused-ring (bicyclic) bond motifs is 1. The van der Waals surface area contributed by atoms with Gasteiger partial charge in [-0.05, 0) is 48.9 Å². The molecular formula is C27H26N4O5. The third-order valence-corrected chi connectivity index (χ3v) is 6.34. The number of ether oxygens (including phenoxy) is 2. The molecule has 9 nitrogen and oxygen atoms in total. The Morgan fingerprint density at radius 1 is 1.06 bits per heavy atom. The van der Waals surface area contributed by atoms with Crippen molar-refractivity contribution in [1.29, 1.82) is 0 Å². The summed E-state index contributed by atoms with van der Waals surface area (Å²) in [6.07, 6.45) is 1.55. The molecule has 0 spiro atoms. The maximum absolute atomic E-state index is 13.9. The predicted octanol–water partition coefficient (Wildman–Crippen LogP) is 3.90. The van der Waals surface area contributed by atoms with E-state index in [-0.39, 0.29) is 18.4 Å². The van der Waals surface area contributed by atoms with Crippen LogP contribution in [-0.4, -0.2) is 41.4 Å². The van der Waals surface area contributed by atoms with Gasteiger partial charge in [0.2, 0.25) is 5.91 Å². The molecule has 4 aromatic rings. The summed E-state index contributed by atoms with van der Waals surface area (Å²) in [4.78, 5) is 29.1. The van der Waals surface area contributed by atoms with Crippen molar-refractivity contribution < 1.29 is 23.5 Å². The van der Waals surface area contributed by atoms with Crippen molar-refractivity contribution in [2.45, 2.75) is 25.6 Å². The molecule has 2 aromatic heterocycles. The van der Waals surface area contributed by atoms with Crippen molar-refractivity contribution in [3.05, 3.63) is 84.3 Å². The number of rotatable bonds is 7. The lowest BCUT2D eigenvalue weighted by atomic mass is 9.93. The molecule has 1 atom stereocenters. The van der Waals surface area contributed by atoms with Gasteiger partial charge in [0.25, 0.3) is 5.91 Å². The van der Waals surface area contributed by atoms with Gasteiger partial charge < -0.3 is 19.2 Å². The number of methoxy groups -OCH3 is 2. The summed E-state index contributed by atoms with van der Waals surface area (Å²) in [6, 6.07) is 19.8. The van der Waals surface area contributed by atoms with Gasteiger partial charge in [-0.3, -0.25) is 19.2 Å².